The van der Waals surface area contributed by atoms with E-state index < -0.39 is 0 Å². The minimum Gasteiger partial charge on any atom is -0.384 e. The van der Waals surface area contributed by atoms with Gasteiger partial charge in [-0.15, -0.1) is 6.58 Å². The van der Waals surface area contributed by atoms with Gasteiger partial charge >= 0.3 is 0 Å². The predicted molar refractivity (Wildman–Crippen MR) is 123 cm³/mol. The Morgan fingerprint density at radius 3 is 2.29 bits per heavy atom. The molecule has 0 saturated heterocycles. The van der Waals surface area contributed by atoms with Gasteiger partial charge in [0.05, 0.1) is 0 Å². The second kappa shape index (κ2) is 7.51. The van der Waals surface area contributed by atoms with E-state index in [1.165, 1.54) is 62.6 Å². The molecule has 3 saturated carbocycles. The lowest BCUT2D eigenvalue weighted by Crippen LogP contribution is -2.52. The lowest BCUT2D eigenvalue weighted by Gasteiger charge is -2.59. The lowest BCUT2D eigenvalue weighted by atomic mass is 9.46. The third-order valence-corrected chi connectivity index (χ3v) is 9.39. The molecule has 0 amide bonds. The van der Waals surface area contributed by atoms with E-state index in [2.05, 4.69) is 66.9 Å². The zero-order chi connectivity index (χ0) is 20.9. The van der Waals surface area contributed by atoms with E-state index >= 15 is 0 Å². The Labute approximate surface area is 175 Å². The van der Waals surface area contributed by atoms with Gasteiger partial charge in [-0.3, -0.25) is 0 Å². The van der Waals surface area contributed by atoms with Crippen molar-refractivity contribution in [2.24, 2.45) is 40.4 Å². The van der Waals surface area contributed by atoms with Gasteiger partial charge in [0.15, 0.2) is 0 Å². The van der Waals surface area contributed by atoms with Crippen LogP contribution in [0, 0.1) is 40.4 Å². The second-order valence-electron chi connectivity index (χ2n) is 12.4. The molecule has 0 radical (unpaired) electrons. The van der Waals surface area contributed by atoms with Crippen molar-refractivity contribution in [1.29, 1.82) is 0 Å². The average molecular weight is 386 g/mol. The van der Waals surface area contributed by atoms with E-state index in [4.69, 9.17) is 0 Å². The molecule has 0 aromatic rings. The van der Waals surface area contributed by atoms with Crippen molar-refractivity contribution in [3.63, 3.8) is 0 Å². The van der Waals surface area contributed by atoms with Crippen LogP contribution in [0.3, 0.4) is 0 Å². The molecule has 3 aliphatic rings. The molecule has 7 unspecified atom stereocenters. The van der Waals surface area contributed by atoms with Crippen molar-refractivity contribution >= 4 is 0 Å². The summed E-state index contributed by atoms with van der Waals surface area (Å²) in [6, 6.07) is 0. The molecule has 7 atom stereocenters. The predicted octanol–water partition coefficient (Wildman–Crippen LogP) is 7.74. The van der Waals surface area contributed by atoms with Gasteiger partial charge in [0.2, 0.25) is 0 Å². The minimum atomic E-state index is 0.115. The van der Waals surface area contributed by atoms with Crippen LogP contribution in [0.25, 0.3) is 0 Å². The monoisotopic (exact) mass is 385 g/mol. The van der Waals surface area contributed by atoms with Gasteiger partial charge < -0.3 is 5.32 Å². The lowest BCUT2D eigenvalue weighted by molar-refractivity contribution is -0.0926. The highest BCUT2D eigenvalue weighted by Crippen LogP contribution is 2.66. The summed E-state index contributed by atoms with van der Waals surface area (Å²) >= 11 is 0. The summed E-state index contributed by atoms with van der Waals surface area (Å²) in [5.41, 5.74) is 3.74. The maximum absolute atomic E-state index is 4.53. The summed E-state index contributed by atoms with van der Waals surface area (Å²) in [6.07, 6.45) is 11.0. The molecule has 1 N–H and O–H groups in total. The van der Waals surface area contributed by atoms with Crippen LogP contribution in [-0.2, 0) is 0 Å². The summed E-state index contributed by atoms with van der Waals surface area (Å²) in [4.78, 5) is 0. The Bertz CT molecular complexity index is 610. The number of nitrogens with one attached hydrogen (secondary N) is 1. The molecule has 0 bridgehead atoms. The SMILES string of the molecule is C=C(C)CCC1(C)C(C)CCC2C1CCC1(C)C(C(=C)NC(C)(C)C)CCC21. The smallest absolute Gasteiger partial charge is 0.0286 e. The largest absolute Gasteiger partial charge is 0.384 e. The number of hydrogen-bond donors (Lipinski definition) is 1. The zero-order valence-electron chi connectivity index (χ0n) is 20.0. The molecule has 3 rings (SSSR count). The third kappa shape index (κ3) is 3.84. The molecule has 0 aromatic carbocycles. The second-order valence-corrected chi connectivity index (χ2v) is 12.4. The summed E-state index contributed by atoms with van der Waals surface area (Å²) in [5, 5.41) is 3.74. The molecule has 0 heterocycles. The van der Waals surface area contributed by atoms with Crippen LogP contribution < -0.4 is 5.32 Å². The van der Waals surface area contributed by atoms with Crippen molar-refractivity contribution in [3.8, 4) is 0 Å². The fourth-order valence-corrected chi connectivity index (χ4v) is 7.70. The number of fused-ring (bicyclic) bond motifs is 3. The van der Waals surface area contributed by atoms with Crippen molar-refractivity contribution in [2.75, 3.05) is 0 Å². The standard InChI is InChI=1S/C27H47N/c1-18(2)14-16-26(8)19(3)10-11-21-23-13-12-22(20(4)28-25(5,6)7)27(23,9)17-15-24(21)26/h19,21-24,28H,1,4,10-17H2,2-3,5-9H3. The third-order valence-electron chi connectivity index (χ3n) is 9.39. The van der Waals surface area contributed by atoms with Gasteiger partial charge in [0.1, 0.15) is 0 Å². The molecule has 1 nitrogen and oxygen atoms in total. The molecule has 1 heteroatoms. The molecule has 3 fully saturated rings. The number of hydrogen-bond acceptors (Lipinski definition) is 1. The zero-order valence-corrected chi connectivity index (χ0v) is 20.0. The van der Waals surface area contributed by atoms with E-state index in [1.54, 1.807) is 0 Å². The summed E-state index contributed by atoms with van der Waals surface area (Å²) in [5.74, 6) is 4.24. The summed E-state index contributed by atoms with van der Waals surface area (Å²) in [7, 11) is 0. The van der Waals surface area contributed by atoms with E-state index in [-0.39, 0.29) is 5.54 Å². The van der Waals surface area contributed by atoms with Crippen molar-refractivity contribution in [3.05, 3.63) is 24.4 Å². The summed E-state index contributed by atoms with van der Waals surface area (Å²) < 4.78 is 0. The maximum Gasteiger partial charge on any atom is 0.0286 e. The number of rotatable bonds is 5. The van der Waals surface area contributed by atoms with Gasteiger partial charge in [0, 0.05) is 17.2 Å². The Balaban J connectivity index is 1.81. The van der Waals surface area contributed by atoms with E-state index in [1.807, 2.05) is 0 Å². The molecular formula is C27H47N. The first kappa shape index (κ1) is 22.0. The first-order valence-electron chi connectivity index (χ1n) is 12.0. The van der Waals surface area contributed by atoms with E-state index in [0.29, 0.717) is 16.7 Å². The summed E-state index contributed by atoms with van der Waals surface area (Å²) in [6.45, 7) is 25.5. The maximum atomic E-state index is 4.53. The van der Waals surface area contributed by atoms with Crippen molar-refractivity contribution in [1.82, 2.24) is 5.32 Å². The molecule has 160 valence electrons. The topological polar surface area (TPSA) is 12.0 Å². The van der Waals surface area contributed by atoms with E-state index in [9.17, 15) is 0 Å². The van der Waals surface area contributed by atoms with Gasteiger partial charge in [-0.1, -0.05) is 32.9 Å². The highest BCUT2D eigenvalue weighted by atomic mass is 15.0. The van der Waals surface area contributed by atoms with Crippen LogP contribution in [-0.4, -0.2) is 5.54 Å². The van der Waals surface area contributed by atoms with Crippen LogP contribution in [0.4, 0.5) is 0 Å². The van der Waals surface area contributed by atoms with Crippen LogP contribution in [0.1, 0.15) is 99.8 Å². The van der Waals surface area contributed by atoms with Crippen molar-refractivity contribution < 1.29 is 0 Å². The molecule has 28 heavy (non-hydrogen) atoms. The van der Waals surface area contributed by atoms with Gasteiger partial charge in [-0.2, -0.15) is 0 Å². The minimum absolute atomic E-state index is 0.115. The van der Waals surface area contributed by atoms with Gasteiger partial charge in [-0.05, 0) is 114 Å². The fraction of sp³-hybridized carbons (Fsp3) is 0.852. The first-order valence-corrected chi connectivity index (χ1v) is 12.0. The van der Waals surface area contributed by atoms with Gasteiger partial charge in [0.25, 0.3) is 0 Å². The number of allylic oxidation sites excluding steroid dienone is 2. The molecular weight excluding hydrogens is 338 g/mol. The first-order chi connectivity index (χ1) is 12.9. The Hall–Kier alpha value is -0.720. The normalized spacial score (nSPS) is 43.2. The van der Waals surface area contributed by atoms with E-state index in [0.717, 1.165) is 23.7 Å². The van der Waals surface area contributed by atoms with Crippen molar-refractivity contribution in [2.45, 2.75) is 105 Å². The molecule has 0 aliphatic heterocycles. The Morgan fingerprint density at radius 2 is 1.68 bits per heavy atom. The highest BCUT2D eigenvalue weighted by molar-refractivity contribution is 5.16. The van der Waals surface area contributed by atoms with Crippen LogP contribution in [0.2, 0.25) is 0 Å². The Kier molecular flexibility index (Phi) is 5.90. The Morgan fingerprint density at radius 1 is 1.00 bits per heavy atom. The van der Waals surface area contributed by atoms with Crippen LogP contribution in [0.15, 0.2) is 24.4 Å². The van der Waals surface area contributed by atoms with Crippen LogP contribution >= 0.6 is 0 Å². The molecule has 0 spiro atoms. The quantitative estimate of drug-likeness (QED) is 0.477. The molecule has 3 aliphatic carbocycles. The van der Waals surface area contributed by atoms with Gasteiger partial charge in [-0.25, -0.2) is 0 Å². The van der Waals surface area contributed by atoms with Crippen LogP contribution in [0.5, 0.6) is 0 Å². The fourth-order valence-electron chi connectivity index (χ4n) is 7.70. The average Bonchev–Trinajstić information content (AvgIpc) is 2.92. The highest BCUT2D eigenvalue weighted by Gasteiger charge is 2.59. The molecule has 0 aromatic heterocycles.